The van der Waals surface area contributed by atoms with Crippen molar-refractivity contribution in [2.45, 2.75) is 26.2 Å². The van der Waals surface area contributed by atoms with Gasteiger partial charge in [0.15, 0.2) is 0 Å². The highest BCUT2D eigenvalue weighted by Gasteiger charge is 2.16. The van der Waals surface area contributed by atoms with Crippen LogP contribution in [0.5, 0.6) is 0 Å². The number of hydrogen-bond acceptors (Lipinski definition) is 5. The number of carbonyl (C=O) groups is 1. The second-order valence-corrected chi connectivity index (χ2v) is 5.51. The molecule has 20 heavy (non-hydrogen) atoms. The van der Waals surface area contributed by atoms with Crippen LogP contribution in [0.15, 0.2) is 18.2 Å². The molecule has 0 radical (unpaired) electrons. The summed E-state index contributed by atoms with van der Waals surface area (Å²) in [7, 11) is 0. The summed E-state index contributed by atoms with van der Waals surface area (Å²) < 4.78 is 3.84. The van der Waals surface area contributed by atoms with Gasteiger partial charge >= 0.3 is 0 Å². The standard InChI is InChI=1S/C14H16N4OS/c1-2-11-13(20-18-17-11)14(19)16-10-6-5-9-4-3-7-15-12(9)8-10/h5-6,8,15H,2-4,7H2,1H3,(H,16,19). The molecular weight excluding hydrogens is 272 g/mol. The summed E-state index contributed by atoms with van der Waals surface area (Å²) >= 11 is 1.14. The fourth-order valence-electron chi connectivity index (χ4n) is 2.34. The van der Waals surface area contributed by atoms with E-state index in [1.165, 1.54) is 5.56 Å². The topological polar surface area (TPSA) is 66.9 Å². The molecule has 1 aromatic heterocycles. The smallest absolute Gasteiger partial charge is 0.269 e. The number of carbonyl (C=O) groups excluding carboxylic acids is 1. The van der Waals surface area contributed by atoms with Gasteiger partial charge in [0.2, 0.25) is 0 Å². The Morgan fingerprint density at radius 2 is 2.40 bits per heavy atom. The molecule has 1 aliphatic rings. The summed E-state index contributed by atoms with van der Waals surface area (Å²) in [5, 5.41) is 10.2. The molecule has 6 heteroatoms. The van der Waals surface area contributed by atoms with Crippen LogP contribution in [0.2, 0.25) is 0 Å². The lowest BCUT2D eigenvalue weighted by atomic mass is 10.0. The highest BCUT2D eigenvalue weighted by molar-refractivity contribution is 7.08. The molecule has 2 heterocycles. The Balaban J connectivity index is 1.79. The van der Waals surface area contributed by atoms with E-state index in [0.29, 0.717) is 11.3 Å². The zero-order chi connectivity index (χ0) is 13.9. The molecule has 0 saturated carbocycles. The number of aromatic nitrogens is 2. The van der Waals surface area contributed by atoms with Gasteiger partial charge in [-0.1, -0.05) is 17.5 Å². The molecule has 1 aliphatic heterocycles. The highest BCUT2D eigenvalue weighted by Crippen LogP contribution is 2.26. The number of hydrogen-bond donors (Lipinski definition) is 2. The lowest BCUT2D eigenvalue weighted by Gasteiger charge is -2.18. The van der Waals surface area contributed by atoms with Gasteiger partial charge in [0.25, 0.3) is 5.91 Å². The van der Waals surface area contributed by atoms with Crippen molar-refractivity contribution in [1.82, 2.24) is 9.59 Å². The molecule has 1 aromatic carbocycles. The predicted molar refractivity (Wildman–Crippen MR) is 80.5 cm³/mol. The van der Waals surface area contributed by atoms with E-state index in [1.807, 2.05) is 19.1 Å². The molecule has 0 aliphatic carbocycles. The van der Waals surface area contributed by atoms with E-state index in [4.69, 9.17) is 0 Å². The maximum atomic E-state index is 12.2. The van der Waals surface area contributed by atoms with Gasteiger partial charge in [0, 0.05) is 17.9 Å². The van der Waals surface area contributed by atoms with E-state index >= 15 is 0 Å². The van der Waals surface area contributed by atoms with Crippen molar-refractivity contribution >= 4 is 28.8 Å². The number of amides is 1. The molecule has 1 amide bonds. The Morgan fingerprint density at radius 3 is 3.25 bits per heavy atom. The third kappa shape index (κ3) is 2.51. The molecule has 104 valence electrons. The quantitative estimate of drug-likeness (QED) is 0.911. The second-order valence-electron chi connectivity index (χ2n) is 4.76. The Morgan fingerprint density at radius 1 is 1.50 bits per heavy atom. The second kappa shape index (κ2) is 5.58. The minimum absolute atomic E-state index is 0.132. The summed E-state index contributed by atoms with van der Waals surface area (Å²) in [5.41, 5.74) is 3.98. The van der Waals surface area contributed by atoms with Crippen LogP contribution >= 0.6 is 11.5 Å². The van der Waals surface area contributed by atoms with E-state index in [2.05, 4.69) is 26.3 Å². The Kier molecular flexibility index (Phi) is 3.64. The van der Waals surface area contributed by atoms with E-state index in [1.54, 1.807) is 0 Å². The highest BCUT2D eigenvalue weighted by atomic mass is 32.1. The van der Waals surface area contributed by atoms with Gasteiger partial charge in [-0.3, -0.25) is 4.79 Å². The van der Waals surface area contributed by atoms with Crippen molar-refractivity contribution in [3.63, 3.8) is 0 Å². The summed E-state index contributed by atoms with van der Waals surface area (Å²) in [5.74, 6) is -0.132. The molecule has 2 aromatic rings. The molecule has 5 nitrogen and oxygen atoms in total. The monoisotopic (exact) mass is 288 g/mol. The lowest BCUT2D eigenvalue weighted by Crippen LogP contribution is -2.15. The molecule has 3 rings (SSSR count). The van der Waals surface area contributed by atoms with Crippen LogP contribution < -0.4 is 10.6 Å². The van der Waals surface area contributed by atoms with Gasteiger partial charge in [-0.05, 0) is 48.5 Å². The minimum atomic E-state index is -0.132. The van der Waals surface area contributed by atoms with Gasteiger partial charge in [0.1, 0.15) is 4.88 Å². The number of aryl methyl sites for hydroxylation is 2. The fraction of sp³-hybridized carbons (Fsp3) is 0.357. The first kappa shape index (κ1) is 13.1. The van der Waals surface area contributed by atoms with E-state index < -0.39 is 0 Å². The van der Waals surface area contributed by atoms with Gasteiger partial charge < -0.3 is 10.6 Å². The van der Waals surface area contributed by atoms with Gasteiger partial charge in [-0.25, -0.2) is 0 Å². The first-order valence-electron chi connectivity index (χ1n) is 6.77. The molecule has 0 fully saturated rings. The van der Waals surface area contributed by atoms with Crippen LogP contribution in [-0.4, -0.2) is 22.0 Å². The van der Waals surface area contributed by atoms with Crippen LogP contribution in [0, 0.1) is 0 Å². The van der Waals surface area contributed by atoms with Gasteiger partial charge in [-0.15, -0.1) is 5.10 Å². The van der Waals surface area contributed by atoms with Crippen LogP contribution in [0.25, 0.3) is 0 Å². The Hall–Kier alpha value is -1.95. The lowest BCUT2D eigenvalue weighted by molar-refractivity contribution is 0.102. The van der Waals surface area contributed by atoms with Crippen molar-refractivity contribution in [3.05, 3.63) is 34.3 Å². The normalized spacial score (nSPS) is 13.4. The third-order valence-corrected chi connectivity index (χ3v) is 4.17. The minimum Gasteiger partial charge on any atom is -0.385 e. The summed E-state index contributed by atoms with van der Waals surface area (Å²) in [6.07, 6.45) is 2.96. The van der Waals surface area contributed by atoms with Gasteiger partial charge in [-0.2, -0.15) is 0 Å². The number of nitrogens with one attached hydrogen (secondary N) is 2. The Bertz CT molecular complexity index is 638. The SMILES string of the molecule is CCc1nnsc1C(=O)Nc1ccc2c(c1)NCCC2. The molecule has 0 spiro atoms. The van der Waals surface area contributed by atoms with Crippen LogP contribution in [0.1, 0.15) is 34.3 Å². The van der Waals surface area contributed by atoms with E-state index in [-0.39, 0.29) is 5.91 Å². The summed E-state index contributed by atoms with van der Waals surface area (Å²) in [6.45, 7) is 2.96. The Labute approximate surface area is 121 Å². The first-order valence-corrected chi connectivity index (χ1v) is 7.54. The number of nitrogens with zero attached hydrogens (tertiary/aromatic N) is 2. The zero-order valence-electron chi connectivity index (χ0n) is 11.3. The maximum Gasteiger partial charge on any atom is 0.269 e. The molecular formula is C14H16N4OS. The largest absolute Gasteiger partial charge is 0.385 e. The zero-order valence-corrected chi connectivity index (χ0v) is 12.1. The van der Waals surface area contributed by atoms with Crippen molar-refractivity contribution in [3.8, 4) is 0 Å². The molecule has 0 atom stereocenters. The number of anilines is 2. The predicted octanol–water partition coefficient (Wildman–Crippen LogP) is 2.71. The van der Waals surface area contributed by atoms with E-state index in [0.717, 1.165) is 48.0 Å². The van der Waals surface area contributed by atoms with Crippen LogP contribution in [-0.2, 0) is 12.8 Å². The number of fused-ring (bicyclic) bond motifs is 1. The average molecular weight is 288 g/mol. The van der Waals surface area contributed by atoms with E-state index in [9.17, 15) is 4.79 Å². The van der Waals surface area contributed by atoms with Gasteiger partial charge in [0.05, 0.1) is 5.69 Å². The van der Waals surface area contributed by atoms with Crippen molar-refractivity contribution < 1.29 is 4.79 Å². The molecule has 0 saturated heterocycles. The van der Waals surface area contributed by atoms with Crippen LogP contribution in [0.3, 0.4) is 0 Å². The van der Waals surface area contributed by atoms with Crippen molar-refractivity contribution in [1.29, 1.82) is 0 Å². The van der Waals surface area contributed by atoms with Crippen LogP contribution in [0.4, 0.5) is 11.4 Å². The van der Waals surface area contributed by atoms with Crippen molar-refractivity contribution in [2.24, 2.45) is 0 Å². The summed E-state index contributed by atoms with van der Waals surface area (Å²) in [4.78, 5) is 12.8. The molecule has 2 N–H and O–H groups in total. The fourth-order valence-corrected chi connectivity index (χ4v) is 2.98. The first-order chi connectivity index (χ1) is 9.78. The number of benzene rings is 1. The molecule has 0 bridgehead atoms. The third-order valence-electron chi connectivity index (χ3n) is 3.40. The number of rotatable bonds is 3. The average Bonchev–Trinajstić information content (AvgIpc) is 2.95. The maximum absolute atomic E-state index is 12.2. The molecule has 0 unspecified atom stereocenters. The summed E-state index contributed by atoms with van der Waals surface area (Å²) in [6, 6.07) is 6.01. The van der Waals surface area contributed by atoms with Crippen molar-refractivity contribution in [2.75, 3.05) is 17.2 Å².